The number of para-hydroxylation sites is 3. The summed E-state index contributed by atoms with van der Waals surface area (Å²) in [5, 5.41) is 56.3. The van der Waals surface area contributed by atoms with Crippen LogP contribution in [0.25, 0.3) is 10.6 Å². The van der Waals surface area contributed by atoms with Gasteiger partial charge in [0, 0.05) is 21.2 Å². The van der Waals surface area contributed by atoms with Gasteiger partial charge in [-0.3, -0.25) is 0 Å². The van der Waals surface area contributed by atoms with E-state index in [2.05, 4.69) is 10.2 Å². The molecule has 0 amide bonds. The van der Waals surface area contributed by atoms with Gasteiger partial charge in [0.25, 0.3) is 0 Å². The smallest absolute Gasteiger partial charge is 0.203 e. The maximum atomic E-state index is 9.72. The first kappa shape index (κ1) is 39.2. The van der Waals surface area contributed by atoms with Crippen LogP contribution in [0.5, 0.6) is 28.7 Å². The molecule has 49 heavy (non-hydrogen) atoms. The van der Waals surface area contributed by atoms with E-state index in [9.17, 15) is 20.4 Å². The van der Waals surface area contributed by atoms with Gasteiger partial charge in [0.2, 0.25) is 5.13 Å². The van der Waals surface area contributed by atoms with Gasteiger partial charge < -0.3 is 31.3 Å². The van der Waals surface area contributed by atoms with Crippen LogP contribution in [0, 0.1) is 6.92 Å². The Hall–Kier alpha value is -4.20. The van der Waals surface area contributed by atoms with E-state index in [0.717, 1.165) is 21.8 Å². The zero-order valence-electron chi connectivity index (χ0n) is 26.8. The van der Waals surface area contributed by atoms with Crippen molar-refractivity contribution in [2.45, 2.75) is 27.4 Å². The van der Waals surface area contributed by atoms with Crippen LogP contribution in [0.15, 0.2) is 124 Å². The Morgan fingerprint density at radius 2 is 1.22 bits per heavy atom. The number of anilines is 1. The summed E-state index contributed by atoms with van der Waals surface area (Å²) < 4.78 is 0. The fourth-order valence-corrected chi connectivity index (χ4v) is 6.75. The van der Waals surface area contributed by atoms with Crippen molar-refractivity contribution in [3.8, 4) is 39.3 Å². The number of rotatable bonds is 6. The molecule has 0 spiro atoms. The van der Waals surface area contributed by atoms with Crippen molar-refractivity contribution in [1.29, 1.82) is 0 Å². The van der Waals surface area contributed by atoms with Crippen LogP contribution < -0.4 is 5.73 Å². The van der Waals surface area contributed by atoms with E-state index >= 15 is 0 Å². The molecule has 0 aliphatic rings. The van der Waals surface area contributed by atoms with Crippen molar-refractivity contribution in [2.24, 2.45) is 0 Å². The lowest BCUT2D eigenvalue weighted by Gasteiger charge is -2.07. The number of phenols is 5. The molecular weight excluding hydrogens is 718 g/mol. The van der Waals surface area contributed by atoms with Gasteiger partial charge in [-0.2, -0.15) is 11.8 Å². The van der Waals surface area contributed by atoms with Crippen LogP contribution in [0.3, 0.4) is 0 Å². The topological polar surface area (TPSA) is 153 Å². The third-order valence-electron chi connectivity index (χ3n) is 6.21. The highest BCUT2D eigenvalue weighted by Gasteiger charge is 2.09. The molecule has 7 N–H and O–H groups in total. The number of nitrogen functional groups attached to an aromatic ring is 1. The third kappa shape index (κ3) is 13.0. The monoisotopic (exact) mass is 753 g/mol. The Bertz CT molecular complexity index is 1880. The molecule has 0 aliphatic carbocycles. The lowest BCUT2D eigenvalue weighted by Crippen LogP contribution is -1.80. The molecule has 13 heteroatoms. The summed E-state index contributed by atoms with van der Waals surface area (Å²) in [6.45, 7) is 1.95. The lowest BCUT2D eigenvalue weighted by atomic mass is 10.2. The maximum Gasteiger partial charge on any atom is 0.203 e. The van der Waals surface area contributed by atoms with E-state index < -0.39 is 0 Å². The first-order chi connectivity index (χ1) is 23.5. The average molecular weight is 754 g/mol. The number of thioether (sulfide) groups is 2. The zero-order valence-corrected chi connectivity index (χ0v) is 30.8. The van der Waals surface area contributed by atoms with Crippen LogP contribution in [-0.2, 0) is 5.75 Å². The predicted molar refractivity (Wildman–Crippen MR) is 207 cm³/mol. The largest absolute Gasteiger partial charge is 0.508 e. The molecule has 0 saturated carbocycles. The summed E-state index contributed by atoms with van der Waals surface area (Å²) in [5.41, 5.74) is 8.15. The van der Waals surface area contributed by atoms with Crippen molar-refractivity contribution >= 4 is 63.4 Å². The van der Waals surface area contributed by atoms with E-state index in [1.807, 2.05) is 74.0 Å². The van der Waals surface area contributed by atoms with Gasteiger partial charge in [0.15, 0.2) is 5.01 Å². The number of benzene rings is 5. The molecule has 6 rings (SSSR count). The summed E-state index contributed by atoms with van der Waals surface area (Å²) in [4.78, 5) is 2.25. The first-order valence-electron chi connectivity index (χ1n) is 14.4. The maximum absolute atomic E-state index is 9.72. The first-order valence-corrected chi connectivity index (χ1v) is 19.1. The number of aryl methyl sites for hydroxylation is 1. The van der Waals surface area contributed by atoms with Crippen molar-refractivity contribution in [2.75, 3.05) is 18.2 Å². The predicted octanol–water partition coefficient (Wildman–Crippen LogP) is 10.1. The second-order valence-corrected chi connectivity index (χ2v) is 14.1. The van der Waals surface area contributed by atoms with Crippen LogP contribution in [0.4, 0.5) is 5.13 Å². The van der Waals surface area contributed by atoms with Gasteiger partial charge in [-0.25, -0.2) is 0 Å². The Morgan fingerprint density at radius 1 is 0.653 bits per heavy atom. The fraction of sp³-hybridized carbons (Fsp3) is 0.111. The van der Waals surface area contributed by atoms with Crippen molar-refractivity contribution in [3.05, 3.63) is 125 Å². The summed E-state index contributed by atoms with van der Waals surface area (Å²) in [6, 6.07) is 31.8. The Labute approximate surface area is 307 Å². The van der Waals surface area contributed by atoms with Gasteiger partial charge in [0.1, 0.15) is 28.7 Å². The van der Waals surface area contributed by atoms with Crippen LogP contribution in [-0.4, -0.2) is 48.2 Å². The highest BCUT2D eigenvalue weighted by atomic mass is 35.5. The minimum absolute atomic E-state index is 0.153. The van der Waals surface area contributed by atoms with E-state index in [1.54, 1.807) is 72.1 Å². The number of aromatic nitrogens is 2. The second kappa shape index (κ2) is 20.3. The van der Waals surface area contributed by atoms with Crippen molar-refractivity contribution < 1.29 is 25.5 Å². The van der Waals surface area contributed by atoms with Crippen LogP contribution in [0.1, 0.15) is 11.1 Å². The Morgan fingerprint density at radius 3 is 1.80 bits per heavy atom. The highest BCUT2D eigenvalue weighted by Crippen LogP contribution is 2.40. The molecule has 0 bridgehead atoms. The van der Waals surface area contributed by atoms with E-state index in [0.29, 0.717) is 42.0 Å². The van der Waals surface area contributed by atoms with Gasteiger partial charge in [0.05, 0.1) is 15.4 Å². The Kier molecular flexibility index (Phi) is 16.3. The fourth-order valence-electron chi connectivity index (χ4n) is 3.81. The molecule has 256 valence electrons. The van der Waals surface area contributed by atoms with Gasteiger partial charge in [-0.15, -0.1) is 22.0 Å². The normalized spacial score (nSPS) is 10.0. The number of hydrogen-bond donors (Lipinski definition) is 6. The second-order valence-electron chi connectivity index (χ2n) is 9.88. The number of nitrogens with two attached hydrogens (primary N) is 1. The molecular formula is C36H36ClN3O5S4. The molecule has 6 aromatic rings. The summed E-state index contributed by atoms with van der Waals surface area (Å²) >= 11 is 11.7. The van der Waals surface area contributed by atoms with Crippen LogP contribution in [0.2, 0.25) is 5.02 Å². The average Bonchev–Trinajstić information content (AvgIpc) is 3.53. The molecule has 0 radical (unpaired) electrons. The quantitative estimate of drug-likeness (QED) is 0.0901. The molecule has 8 nitrogen and oxygen atoms in total. The third-order valence-corrected chi connectivity index (χ3v) is 9.71. The standard InChI is InChI=1S/C13H11ClO2S.C8H7N3OS.C8H10OS.C7H8OS/c1-8-2-4-10(15)12(6-8)17-13-7-9(14)3-5-11(13)16;9-8-11-10-7(13-8)5-3-1-2-4-6(5)12;1-10-6-7-4-2-3-5-8(7)9;1-9-7-5-3-2-4-6(7)8/h2-7,15-16H,1H3;1-4,12H,(H2,9,11);2-5,9H,6H2,1H3;2-5,8H,1H3. The van der Waals surface area contributed by atoms with E-state index in [-0.39, 0.29) is 17.2 Å². The highest BCUT2D eigenvalue weighted by molar-refractivity contribution is 7.99. The van der Waals surface area contributed by atoms with Gasteiger partial charge >= 0.3 is 0 Å². The van der Waals surface area contributed by atoms with Crippen molar-refractivity contribution in [1.82, 2.24) is 10.2 Å². The summed E-state index contributed by atoms with van der Waals surface area (Å²) in [5.74, 6) is 2.19. The number of aromatic hydroxyl groups is 5. The lowest BCUT2D eigenvalue weighted by molar-refractivity contribution is 0.459. The molecule has 0 fully saturated rings. The molecule has 0 aliphatic heterocycles. The van der Waals surface area contributed by atoms with Gasteiger partial charge in [-0.05, 0) is 85.7 Å². The minimum atomic E-state index is 0.153. The molecule has 5 aromatic carbocycles. The molecule has 0 saturated heterocycles. The zero-order chi connectivity index (χ0) is 35.8. The minimum Gasteiger partial charge on any atom is -0.508 e. The summed E-state index contributed by atoms with van der Waals surface area (Å²) in [6.07, 6.45) is 3.96. The number of phenolic OH excluding ortho intramolecular Hbond substituents is 5. The Balaban J connectivity index is 0.000000183. The van der Waals surface area contributed by atoms with Crippen molar-refractivity contribution in [3.63, 3.8) is 0 Å². The summed E-state index contributed by atoms with van der Waals surface area (Å²) in [7, 11) is 0. The SMILES string of the molecule is CSCc1ccccc1O.CSc1ccccc1O.Cc1ccc(O)c(Sc2cc(Cl)ccc2O)c1.Nc1nnc(-c2ccccc2O)s1. The molecule has 1 aromatic heterocycles. The number of hydrogen-bond acceptors (Lipinski definition) is 12. The van der Waals surface area contributed by atoms with Gasteiger partial charge in [-0.1, -0.05) is 83.2 Å². The number of halogens is 1. The molecule has 1 heterocycles. The van der Waals surface area contributed by atoms with E-state index in [1.165, 1.54) is 29.2 Å². The van der Waals surface area contributed by atoms with Crippen LogP contribution >= 0.6 is 58.2 Å². The van der Waals surface area contributed by atoms with E-state index in [4.69, 9.17) is 22.4 Å². The number of nitrogens with zero attached hydrogens (tertiary/aromatic N) is 2. The molecule has 0 unspecified atom stereocenters. The molecule has 0 atom stereocenters.